The minimum Gasteiger partial charge on any atom is -0.469 e. The average molecular weight is 250 g/mol. The summed E-state index contributed by atoms with van der Waals surface area (Å²) in [5.41, 5.74) is 0. The quantitative estimate of drug-likeness (QED) is 0.867. The van der Waals surface area contributed by atoms with Gasteiger partial charge < -0.3 is 14.6 Å². The van der Waals surface area contributed by atoms with Gasteiger partial charge in [0, 0.05) is 32.0 Å². The van der Waals surface area contributed by atoms with Crippen molar-refractivity contribution in [1.82, 2.24) is 10.2 Å². The third kappa shape index (κ3) is 3.60. The van der Waals surface area contributed by atoms with Crippen LogP contribution in [0.3, 0.4) is 0 Å². The number of likely N-dealkylation sites (N-methyl/N-ethyl adjacent to an activating group) is 1. The summed E-state index contributed by atoms with van der Waals surface area (Å²) in [6.45, 7) is 4.83. The number of aryl methyl sites for hydroxylation is 1. The van der Waals surface area contributed by atoms with Crippen LogP contribution in [0.2, 0.25) is 0 Å². The number of amides is 1. The lowest BCUT2D eigenvalue weighted by molar-refractivity contribution is -0.132. The van der Waals surface area contributed by atoms with Gasteiger partial charge in [-0.1, -0.05) is 6.92 Å². The van der Waals surface area contributed by atoms with Gasteiger partial charge in [-0.05, 0) is 31.5 Å². The normalized spacial score (nSPS) is 20.1. The maximum atomic E-state index is 12.1. The van der Waals surface area contributed by atoms with E-state index in [4.69, 9.17) is 4.42 Å². The molecule has 1 unspecified atom stereocenters. The second-order valence-corrected chi connectivity index (χ2v) is 4.82. The Morgan fingerprint density at radius 2 is 2.50 bits per heavy atom. The van der Waals surface area contributed by atoms with Crippen molar-refractivity contribution in [2.75, 3.05) is 19.6 Å². The Balaban J connectivity index is 1.77. The molecule has 0 aliphatic carbocycles. The fraction of sp³-hybridized carbons (Fsp3) is 0.643. The third-order valence-corrected chi connectivity index (χ3v) is 3.43. The molecular formula is C14H22N2O2. The Bertz CT molecular complexity index is 360. The largest absolute Gasteiger partial charge is 0.469 e. The monoisotopic (exact) mass is 250 g/mol. The molecule has 1 amide bonds. The van der Waals surface area contributed by atoms with E-state index in [1.54, 1.807) is 6.26 Å². The van der Waals surface area contributed by atoms with Gasteiger partial charge in [-0.25, -0.2) is 0 Å². The molecule has 0 saturated carbocycles. The molecule has 1 aliphatic heterocycles. The summed E-state index contributed by atoms with van der Waals surface area (Å²) in [5.74, 6) is 1.14. The van der Waals surface area contributed by atoms with Gasteiger partial charge in [0.15, 0.2) is 0 Å². The van der Waals surface area contributed by atoms with E-state index in [9.17, 15) is 4.79 Å². The molecule has 1 aliphatic rings. The van der Waals surface area contributed by atoms with Crippen molar-refractivity contribution in [2.24, 2.45) is 0 Å². The molecule has 2 rings (SSSR count). The fourth-order valence-corrected chi connectivity index (χ4v) is 2.50. The number of carbonyl (C=O) groups is 1. The van der Waals surface area contributed by atoms with E-state index in [0.717, 1.165) is 31.8 Å². The Kier molecular flexibility index (Phi) is 4.81. The zero-order valence-corrected chi connectivity index (χ0v) is 11.0. The first-order valence-corrected chi connectivity index (χ1v) is 6.83. The van der Waals surface area contributed by atoms with Gasteiger partial charge in [-0.2, -0.15) is 0 Å². The molecular weight excluding hydrogens is 228 g/mol. The number of piperidine rings is 1. The number of hydrogen-bond acceptors (Lipinski definition) is 3. The molecule has 1 aromatic rings. The molecule has 1 N–H and O–H groups in total. The van der Waals surface area contributed by atoms with E-state index in [1.165, 1.54) is 6.42 Å². The van der Waals surface area contributed by atoms with Gasteiger partial charge in [-0.15, -0.1) is 0 Å². The number of nitrogens with zero attached hydrogens (tertiary/aromatic N) is 1. The van der Waals surface area contributed by atoms with Crippen molar-refractivity contribution in [2.45, 2.75) is 38.6 Å². The maximum Gasteiger partial charge on any atom is 0.223 e. The van der Waals surface area contributed by atoms with Crippen molar-refractivity contribution in [3.8, 4) is 0 Å². The molecule has 1 aromatic heterocycles. The molecule has 4 heteroatoms. The summed E-state index contributed by atoms with van der Waals surface area (Å²) in [7, 11) is 0. The molecule has 1 saturated heterocycles. The Morgan fingerprint density at radius 3 is 3.22 bits per heavy atom. The third-order valence-electron chi connectivity index (χ3n) is 3.43. The van der Waals surface area contributed by atoms with Crippen LogP contribution < -0.4 is 5.32 Å². The van der Waals surface area contributed by atoms with Crippen LogP contribution in [0.5, 0.6) is 0 Å². The Labute approximate surface area is 108 Å². The average Bonchev–Trinajstić information content (AvgIpc) is 2.90. The van der Waals surface area contributed by atoms with E-state index < -0.39 is 0 Å². The smallest absolute Gasteiger partial charge is 0.223 e. The van der Waals surface area contributed by atoms with Gasteiger partial charge in [0.25, 0.3) is 0 Å². The van der Waals surface area contributed by atoms with Crippen molar-refractivity contribution in [3.63, 3.8) is 0 Å². The highest BCUT2D eigenvalue weighted by molar-refractivity contribution is 5.76. The van der Waals surface area contributed by atoms with Gasteiger partial charge in [0.1, 0.15) is 5.76 Å². The standard InChI is InChI=1S/C14H22N2O2/c1-2-15-12-5-3-9-16(11-12)14(17)8-7-13-6-4-10-18-13/h4,6,10,12,15H,2-3,5,7-9,11H2,1H3. The Morgan fingerprint density at radius 1 is 1.61 bits per heavy atom. The van der Waals surface area contributed by atoms with Crippen molar-refractivity contribution < 1.29 is 9.21 Å². The minimum absolute atomic E-state index is 0.244. The number of carbonyl (C=O) groups excluding carboxylic acids is 1. The lowest BCUT2D eigenvalue weighted by Gasteiger charge is -2.33. The maximum absolute atomic E-state index is 12.1. The highest BCUT2D eigenvalue weighted by Gasteiger charge is 2.22. The molecule has 100 valence electrons. The Hall–Kier alpha value is -1.29. The number of nitrogens with one attached hydrogen (secondary N) is 1. The first-order chi connectivity index (χ1) is 8.79. The van der Waals surface area contributed by atoms with Crippen LogP contribution in [0.1, 0.15) is 31.9 Å². The fourth-order valence-electron chi connectivity index (χ4n) is 2.50. The van der Waals surface area contributed by atoms with Gasteiger partial charge in [-0.3, -0.25) is 4.79 Å². The molecule has 18 heavy (non-hydrogen) atoms. The highest BCUT2D eigenvalue weighted by Crippen LogP contribution is 2.12. The minimum atomic E-state index is 0.244. The molecule has 0 spiro atoms. The molecule has 0 radical (unpaired) electrons. The van der Waals surface area contributed by atoms with Crippen molar-refractivity contribution in [1.29, 1.82) is 0 Å². The zero-order valence-electron chi connectivity index (χ0n) is 11.0. The molecule has 4 nitrogen and oxygen atoms in total. The first-order valence-electron chi connectivity index (χ1n) is 6.83. The zero-order chi connectivity index (χ0) is 12.8. The molecule has 0 bridgehead atoms. The number of likely N-dealkylation sites (tertiary alicyclic amines) is 1. The summed E-state index contributed by atoms with van der Waals surface area (Å²) >= 11 is 0. The predicted molar refractivity (Wildman–Crippen MR) is 70.3 cm³/mol. The number of furan rings is 1. The van der Waals surface area contributed by atoms with Crippen molar-refractivity contribution >= 4 is 5.91 Å². The van der Waals surface area contributed by atoms with Gasteiger partial charge >= 0.3 is 0 Å². The molecule has 1 atom stereocenters. The van der Waals surface area contributed by atoms with E-state index in [2.05, 4.69) is 12.2 Å². The lowest BCUT2D eigenvalue weighted by atomic mass is 10.0. The lowest BCUT2D eigenvalue weighted by Crippen LogP contribution is -2.48. The van der Waals surface area contributed by atoms with Gasteiger partial charge in [0.2, 0.25) is 5.91 Å². The molecule has 2 heterocycles. The van der Waals surface area contributed by atoms with E-state index in [0.29, 0.717) is 18.9 Å². The number of rotatable bonds is 5. The summed E-state index contributed by atoms with van der Waals surface area (Å²) in [4.78, 5) is 14.1. The van der Waals surface area contributed by atoms with E-state index >= 15 is 0 Å². The van der Waals surface area contributed by atoms with Gasteiger partial charge in [0.05, 0.1) is 6.26 Å². The van der Waals surface area contributed by atoms with Crippen LogP contribution in [0.4, 0.5) is 0 Å². The summed E-state index contributed by atoms with van der Waals surface area (Å²) < 4.78 is 5.25. The van der Waals surface area contributed by atoms with Crippen LogP contribution in [0.25, 0.3) is 0 Å². The van der Waals surface area contributed by atoms with Crippen LogP contribution >= 0.6 is 0 Å². The summed E-state index contributed by atoms with van der Waals surface area (Å²) in [5, 5.41) is 3.43. The second-order valence-electron chi connectivity index (χ2n) is 4.82. The summed E-state index contributed by atoms with van der Waals surface area (Å²) in [6.07, 6.45) is 5.18. The SMILES string of the molecule is CCNC1CCCN(C(=O)CCc2ccco2)C1. The predicted octanol–water partition coefficient (Wildman–Crippen LogP) is 1.81. The van der Waals surface area contributed by atoms with E-state index in [1.807, 2.05) is 17.0 Å². The second kappa shape index (κ2) is 6.59. The molecule has 1 fully saturated rings. The highest BCUT2D eigenvalue weighted by atomic mass is 16.3. The van der Waals surface area contributed by atoms with Crippen molar-refractivity contribution in [3.05, 3.63) is 24.2 Å². The molecule has 0 aromatic carbocycles. The first kappa shape index (κ1) is 13.1. The van der Waals surface area contributed by atoms with E-state index in [-0.39, 0.29) is 5.91 Å². The van der Waals surface area contributed by atoms with Crippen LogP contribution in [0, 0.1) is 0 Å². The van der Waals surface area contributed by atoms with Crippen LogP contribution in [-0.2, 0) is 11.2 Å². The number of hydrogen-bond donors (Lipinski definition) is 1. The van der Waals surface area contributed by atoms with Crippen LogP contribution in [0.15, 0.2) is 22.8 Å². The topological polar surface area (TPSA) is 45.5 Å². The summed E-state index contributed by atoms with van der Waals surface area (Å²) in [6, 6.07) is 4.25. The van der Waals surface area contributed by atoms with Crippen LogP contribution in [-0.4, -0.2) is 36.5 Å².